The SMILES string of the molecule is CC(=O)NC(C)C(CC(C)C(=O)O)OP. The summed E-state index contributed by atoms with van der Waals surface area (Å²) in [6.07, 6.45) is 0.0466. The number of rotatable bonds is 6. The molecule has 0 aliphatic rings. The molecule has 0 aromatic carbocycles. The molecule has 0 rings (SSSR count). The predicted molar refractivity (Wildman–Crippen MR) is 59.3 cm³/mol. The van der Waals surface area contributed by atoms with E-state index in [1.54, 1.807) is 13.8 Å². The monoisotopic (exact) mass is 235 g/mol. The van der Waals surface area contributed by atoms with Gasteiger partial charge in [-0.15, -0.1) is 0 Å². The lowest BCUT2D eigenvalue weighted by Crippen LogP contribution is -2.41. The average molecular weight is 235 g/mol. The smallest absolute Gasteiger partial charge is 0.306 e. The van der Waals surface area contributed by atoms with Crippen molar-refractivity contribution in [1.29, 1.82) is 0 Å². The molecular weight excluding hydrogens is 217 g/mol. The number of hydrogen-bond acceptors (Lipinski definition) is 3. The maximum atomic E-state index is 10.8. The van der Waals surface area contributed by atoms with E-state index in [4.69, 9.17) is 9.63 Å². The number of nitrogens with one attached hydrogen (secondary N) is 1. The zero-order valence-electron chi connectivity index (χ0n) is 9.19. The molecule has 2 N–H and O–H groups in total. The molecule has 4 unspecified atom stereocenters. The Kier molecular flexibility index (Phi) is 6.45. The molecule has 0 aromatic rings. The van der Waals surface area contributed by atoms with Crippen molar-refractivity contribution in [2.45, 2.75) is 39.3 Å². The fraction of sp³-hybridized carbons (Fsp3) is 0.778. The third-order valence-corrected chi connectivity index (χ3v) is 2.52. The van der Waals surface area contributed by atoms with Gasteiger partial charge in [0.25, 0.3) is 0 Å². The first kappa shape index (κ1) is 14.3. The van der Waals surface area contributed by atoms with Gasteiger partial charge in [-0.25, -0.2) is 0 Å². The van der Waals surface area contributed by atoms with E-state index < -0.39 is 11.9 Å². The first-order valence-electron chi connectivity index (χ1n) is 4.74. The minimum atomic E-state index is -0.864. The van der Waals surface area contributed by atoms with Crippen LogP contribution in [0.1, 0.15) is 27.2 Å². The molecule has 0 saturated heterocycles. The molecule has 88 valence electrons. The summed E-state index contributed by atoms with van der Waals surface area (Å²) < 4.78 is 5.07. The van der Waals surface area contributed by atoms with Crippen LogP contribution in [0.15, 0.2) is 0 Å². The third-order valence-electron chi connectivity index (χ3n) is 2.17. The maximum Gasteiger partial charge on any atom is 0.306 e. The summed E-state index contributed by atoms with van der Waals surface area (Å²) in [5.74, 6) is -1.51. The minimum Gasteiger partial charge on any atom is -0.481 e. The van der Waals surface area contributed by atoms with Gasteiger partial charge in [-0.05, 0) is 13.3 Å². The molecule has 0 saturated carbocycles. The number of carboxylic acids is 1. The molecule has 15 heavy (non-hydrogen) atoms. The van der Waals surface area contributed by atoms with Gasteiger partial charge in [0.15, 0.2) is 0 Å². The van der Waals surface area contributed by atoms with E-state index in [9.17, 15) is 9.59 Å². The van der Waals surface area contributed by atoms with E-state index in [0.29, 0.717) is 6.42 Å². The van der Waals surface area contributed by atoms with Crippen LogP contribution in [0.4, 0.5) is 0 Å². The minimum absolute atomic E-state index is 0.155. The molecule has 0 heterocycles. The van der Waals surface area contributed by atoms with Crippen molar-refractivity contribution >= 4 is 21.3 Å². The van der Waals surface area contributed by atoms with Crippen molar-refractivity contribution in [2.24, 2.45) is 5.92 Å². The van der Waals surface area contributed by atoms with Crippen molar-refractivity contribution in [3.63, 3.8) is 0 Å². The van der Waals surface area contributed by atoms with Crippen molar-refractivity contribution in [3.05, 3.63) is 0 Å². The van der Waals surface area contributed by atoms with Crippen LogP contribution < -0.4 is 5.32 Å². The van der Waals surface area contributed by atoms with Crippen LogP contribution in [0.5, 0.6) is 0 Å². The van der Waals surface area contributed by atoms with Crippen LogP contribution in [0.2, 0.25) is 0 Å². The first-order valence-corrected chi connectivity index (χ1v) is 5.21. The lowest BCUT2D eigenvalue weighted by Gasteiger charge is -2.24. The Labute approximate surface area is 91.9 Å². The van der Waals surface area contributed by atoms with E-state index in [0.717, 1.165) is 0 Å². The van der Waals surface area contributed by atoms with E-state index >= 15 is 0 Å². The quantitative estimate of drug-likeness (QED) is 0.667. The molecule has 4 atom stereocenters. The number of amides is 1. The van der Waals surface area contributed by atoms with Gasteiger partial charge in [0.05, 0.1) is 18.1 Å². The van der Waals surface area contributed by atoms with Gasteiger partial charge in [-0.2, -0.15) is 0 Å². The van der Waals surface area contributed by atoms with Crippen molar-refractivity contribution in [1.82, 2.24) is 5.32 Å². The topological polar surface area (TPSA) is 75.6 Å². The Balaban J connectivity index is 4.23. The summed E-state index contributed by atoms with van der Waals surface area (Å²) in [5, 5.41) is 11.4. The maximum absolute atomic E-state index is 10.8. The molecule has 0 spiro atoms. The van der Waals surface area contributed by atoms with Crippen molar-refractivity contribution in [2.75, 3.05) is 0 Å². The summed E-state index contributed by atoms with van der Waals surface area (Å²) in [6, 6.07) is -0.207. The highest BCUT2D eigenvalue weighted by Gasteiger charge is 2.23. The normalized spacial score (nSPS) is 16.5. The van der Waals surface area contributed by atoms with Crippen LogP contribution in [0, 0.1) is 5.92 Å². The first-order chi connectivity index (χ1) is 6.88. The largest absolute Gasteiger partial charge is 0.481 e. The second-order valence-electron chi connectivity index (χ2n) is 3.64. The van der Waals surface area contributed by atoms with Crippen molar-refractivity contribution < 1.29 is 19.2 Å². The Morgan fingerprint density at radius 1 is 1.47 bits per heavy atom. The summed E-state index contributed by atoms with van der Waals surface area (Å²) in [5.41, 5.74) is 0. The van der Waals surface area contributed by atoms with Gasteiger partial charge in [0, 0.05) is 16.4 Å². The average Bonchev–Trinajstić information content (AvgIpc) is 2.11. The molecule has 6 heteroatoms. The standard InChI is InChI=1S/C9H18NO4P/c1-5(9(12)13)4-8(14-15)6(2)10-7(3)11/h5-6,8H,4,15H2,1-3H3,(H,10,11)(H,12,13). The summed E-state index contributed by atoms with van der Waals surface area (Å²) in [7, 11) is 2.10. The zero-order valence-corrected chi connectivity index (χ0v) is 10.3. The van der Waals surface area contributed by atoms with Crippen LogP contribution >= 0.6 is 9.47 Å². The fourth-order valence-electron chi connectivity index (χ4n) is 1.24. The van der Waals surface area contributed by atoms with E-state index in [1.165, 1.54) is 6.92 Å². The summed E-state index contributed by atoms with van der Waals surface area (Å²) in [6.45, 7) is 4.81. The van der Waals surface area contributed by atoms with Gasteiger partial charge in [-0.1, -0.05) is 6.92 Å². The van der Waals surface area contributed by atoms with Crippen LogP contribution in [0.3, 0.4) is 0 Å². The van der Waals surface area contributed by atoms with Gasteiger partial charge in [0.1, 0.15) is 0 Å². The number of hydrogen-bond donors (Lipinski definition) is 2. The van der Waals surface area contributed by atoms with Crippen LogP contribution in [-0.4, -0.2) is 29.1 Å². The van der Waals surface area contributed by atoms with E-state index in [1.807, 2.05) is 0 Å². The number of carboxylic acid groups (broad SMARTS) is 1. The number of aliphatic carboxylic acids is 1. The number of carbonyl (C=O) groups excluding carboxylic acids is 1. The van der Waals surface area contributed by atoms with Gasteiger partial charge in [0.2, 0.25) is 5.91 Å². The Hall–Kier alpha value is -0.670. The fourth-order valence-corrected chi connectivity index (χ4v) is 1.59. The second-order valence-corrected chi connectivity index (χ2v) is 3.91. The van der Waals surface area contributed by atoms with Crippen LogP contribution in [-0.2, 0) is 14.1 Å². The lowest BCUT2D eigenvalue weighted by atomic mass is 9.99. The predicted octanol–water partition coefficient (Wildman–Crippen LogP) is 0.797. The molecule has 0 fully saturated rings. The Bertz CT molecular complexity index is 234. The summed E-state index contributed by atoms with van der Waals surface area (Å²) in [4.78, 5) is 21.5. The van der Waals surface area contributed by atoms with Gasteiger partial charge in [-0.3, -0.25) is 9.59 Å². The van der Waals surface area contributed by atoms with Crippen molar-refractivity contribution in [3.8, 4) is 0 Å². The molecule has 5 nitrogen and oxygen atoms in total. The Morgan fingerprint density at radius 3 is 2.33 bits per heavy atom. The summed E-state index contributed by atoms with van der Waals surface area (Å²) >= 11 is 0. The Morgan fingerprint density at radius 2 is 2.00 bits per heavy atom. The molecule has 1 amide bonds. The molecule has 0 aliphatic heterocycles. The zero-order chi connectivity index (χ0) is 12.0. The highest BCUT2D eigenvalue weighted by molar-refractivity contribution is 7.09. The van der Waals surface area contributed by atoms with Gasteiger partial charge < -0.3 is 14.9 Å². The van der Waals surface area contributed by atoms with Gasteiger partial charge >= 0.3 is 5.97 Å². The highest BCUT2D eigenvalue weighted by atomic mass is 31.0. The van der Waals surface area contributed by atoms with Crippen LogP contribution in [0.25, 0.3) is 0 Å². The molecule has 0 aliphatic carbocycles. The molecular formula is C9H18NO4P. The van der Waals surface area contributed by atoms with E-state index in [2.05, 4.69) is 14.8 Å². The molecule has 0 radical (unpaired) electrons. The lowest BCUT2D eigenvalue weighted by molar-refractivity contribution is -0.142. The second kappa shape index (κ2) is 6.75. The highest BCUT2D eigenvalue weighted by Crippen LogP contribution is 2.15. The molecule has 0 bridgehead atoms. The number of carbonyl (C=O) groups is 2. The molecule has 0 aromatic heterocycles. The van der Waals surface area contributed by atoms with E-state index in [-0.39, 0.29) is 18.1 Å². The third kappa shape index (κ3) is 5.70.